The maximum atomic E-state index is 12.7. The van der Waals surface area contributed by atoms with Crippen LogP contribution in [0.3, 0.4) is 0 Å². The lowest BCUT2D eigenvalue weighted by molar-refractivity contribution is 0.168. The van der Waals surface area contributed by atoms with Gasteiger partial charge in [-0.15, -0.1) is 0 Å². The molecule has 1 saturated heterocycles. The molecule has 0 aromatic heterocycles. The second kappa shape index (κ2) is 10.4. The predicted octanol–water partition coefficient (Wildman–Crippen LogP) is 2.91. The number of carbonyl (C=O) groups is 1. The molecule has 0 unspecified atom stereocenters. The molecule has 1 aliphatic rings. The van der Waals surface area contributed by atoms with E-state index in [2.05, 4.69) is 10.0 Å². The van der Waals surface area contributed by atoms with Crippen LogP contribution in [0.2, 0.25) is 0 Å². The molecule has 0 spiro atoms. The molecule has 0 bridgehead atoms. The van der Waals surface area contributed by atoms with Crippen molar-refractivity contribution in [2.45, 2.75) is 42.5 Å². The predicted molar refractivity (Wildman–Crippen MR) is 120 cm³/mol. The van der Waals surface area contributed by atoms with Crippen molar-refractivity contribution in [3.63, 3.8) is 0 Å². The quantitative estimate of drug-likeness (QED) is 0.598. The summed E-state index contributed by atoms with van der Waals surface area (Å²) in [5.41, 5.74) is 1.04. The van der Waals surface area contributed by atoms with Crippen LogP contribution in [0.5, 0.6) is 0 Å². The first-order chi connectivity index (χ1) is 15.2. The van der Waals surface area contributed by atoms with Gasteiger partial charge in [0.2, 0.25) is 20.0 Å². The lowest BCUT2D eigenvalue weighted by Gasteiger charge is -2.25. The van der Waals surface area contributed by atoms with Crippen LogP contribution in [0, 0.1) is 0 Å². The number of rotatable bonds is 8. The summed E-state index contributed by atoms with van der Waals surface area (Å²) in [5.74, 6) is 0. The van der Waals surface area contributed by atoms with Crippen LogP contribution in [-0.4, -0.2) is 46.9 Å². The van der Waals surface area contributed by atoms with Crippen LogP contribution in [-0.2, 0) is 31.3 Å². The average Bonchev–Trinajstić information content (AvgIpc) is 2.79. The smallest absolute Gasteiger partial charge is 0.411 e. The van der Waals surface area contributed by atoms with Gasteiger partial charge in [-0.1, -0.05) is 18.6 Å². The van der Waals surface area contributed by atoms with Gasteiger partial charge in [0.1, 0.15) is 0 Å². The summed E-state index contributed by atoms with van der Waals surface area (Å²) < 4.78 is 59.3. The molecule has 0 aliphatic carbocycles. The third-order valence-corrected chi connectivity index (χ3v) is 8.36. The minimum Gasteiger partial charge on any atom is -0.450 e. The van der Waals surface area contributed by atoms with Gasteiger partial charge in [-0.2, -0.15) is 4.31 Å². The standard InChI is InChI=1S/C21H27N3O6S2/c1-2-30-21(25)23-18-8-12-19(13-9-18)31(26,27)22-16-17-6-10-20(11-7-17)32(28,29)24-14-4-3-5-15-24/h6-13,22H,2-5,14-16H2,1H3,(H,23,25). The summed E-state index contributed by atoms with van der Waals surface area (Å²) in [7, 11) is -7.32. The van der Waals surface area contributed by atoms with Crippen molar-refractivity contribution in [3.05, 3.63) is 54.1 Å². The fraction of sp³-hybridized carbons (Fsp3) is 0.381. The molecule has 1 amide bonds. The summed E-state index contributed by atoms with van der Waals surface area (Å²) in [6, 6.07) is 11.9. The van der Waals surface area contributed by atoms with E-state index in [1.807, 2.05) is 0 Å². The summed E-state index contributed by atoms with van der Waals surface area (Å²) in [6.07, 6.45) is 2.14. The highest BCUT2D eigenvalue weighted by molar-refractivity contribution is 7.89. The number of sulfonamides is 2. The molecule has 1 aliphatic heterocycles. The van der Waals surface area contributed by atoms with E-state index in [1.54, 1.807) is 19.1 Å². The Bertz CT molecular complexity index is 1130. The molecule has 0 saturated carbocycles. The van der Waals surface area contributed by atoms with E-state index in [0.29, 0.717) is 24.3 Å². The van der Waals surface area contributed by atoms with E-state index in [0.717, 1.165) is 19.3 Å². The highest BCUT2D eigenvalue weighted by atomic mass is 32.2. The van der Waals surface area contributed by atoms with Gasteiger partial charge < -0.3 is 4.74 Å². The van der Waals surface area contributed by atoms with E-state index >= 15 is 0 Å². The van der Waals surface area contributed by atoms with Crippen molar-refractivity contribution in [2.75, 3.05) is 25.0 Å². The zero-order valence-corrected chi connectivity index (χ0v) is 19.4. The van der Waals surface area contributed by atoms with E-state index in [1.165, 1.54) is 40.7 Å². The summed E-state index contributed by atoms with van der Waals surface area (Å²) >= 11 is 0. The van der Waals surface area contributed by atoms with Crippen molar-refractivity contribution in [1.29, 1.82) is 0 Å². The zero-order chi connectivity index (χ0) is 23.2. The van der Waals surface area contributed by atoms with Crippen molar-refractivity contribution in [3.8, 4) is 0 Å². The van der Waals surface area contributed by atoms with E-state index < -0.39 is 26.1 Å². The fourth-order valence-corrected chi connectivity index (χ4v) is 5.83. The Morgan fingerprint density at radius 2 is 1.50 bits per heavy atom. The van der Waals surface area contributed by atoms with Gasteiger partial charge in [0.05, 0.1) is 16.4 Å². The molecule has 0 atom stereocenters. The number of hydrogen-bond acceptors (Lipinski definition) is 6. The molecule has 174 valence electrons. The monoisotopic (exact) mass is 481 g/mol. The zero-order valence-electron chi connectivity index (χ0n) is 17.8. The molecule has 9 nitrogen and oxygen atoms in total. The Labute approximate surface area is 188 Å². The van der Waals surface area contributed by atoms with Gasteiger partial charge in [0.15, 0.2) is 0 Å². The number of hydrogen-bond donors (Lipinski definition) is 2. The minimum absolute atomic E-state index is 0.00913. The molecular formula is C21H27N3O6S2. The number of nitrogens with one attached hydrogen (secondary N) is 2. The molecule has 1 fully saturated rings. The molecule has 2 N–H and O–H groups in total. The Balaban J connectivity index is 1.61. The number of benzene rings is 2. The SMILES string of the molecule is CCOC(=O)Nc1ccc(S(=O)(=O)NCc2ccc(S(=O)(=O)N3CCCCC3)cc2)cc1. The number of piperidine rings is 1. The summed E-state index contributed by atoms with van der Waals surface area (Å²) in [5, 5.41) is 2.49. The first-order valence-corrected chi connectivity index (χ1v) is 13.3. The van der Waals surface area contributed by atoms with Gasteiger partial charge >= 0.3 is 6.09 Å². The van der Waals surface area contributed by atoms with E-state index in [9.17, 15) is 21.6 Å². The highest BCUT2D eigenvalue weighted by Gasteiger charge is 2.25. The summed E-state index contributed by atoms with van der Waals surface area (Å²) in [4.78, 5) is 11.7. The first kappa shape index (κ1) is 24.2. The Hall–Kier alpha value is -2.47. The fourth-order valence-electron chi connectivity index (χ4n) is 3.30. The van der Waals surface area contributed by atoms with Gasteiger partial charge in [-0.3, -0.25) is 5.32 Å². The normalized spacial score (nSPS) is 15.3. The largest absolute Gasteiger partial charge is 0.450 e. The van der Waals surface area contributed by atoms with Crippen LogP contribution >= 0.6 is 0 Å². The lowest BCUT2D eigenvalue weighted by atomic mass is 10.2. The van der Waals surface area contributed by atoms with Crippen molar-refractivity contribution in [1.82, 2.24) is 9.03 Å². The summed E-state index contributed by atoms with van der Waals surface area (Å²) in [6.45, 7) is 2.97. The molecule has 11 heteroatoms. The third kappa shape index (κ3) is 6.06. The van der Waals surface area contributed by atoms with E-state index in [4.69, 9.17) is 4.74 Å². The maximum absolute atomic E-state index is 12.7. The number of nitrogens with zero attached hydrogens (tertiary/aromatic N) is 1. The lowest BCUT2D eigenvalue weighted by Crippen LogP contribution is -2.35. The highest BCUT2D eigenvalue weighted by Crippen LogP contribution is 2.21. The molecule has 2 aromatic rings. The molecule has 0 radical (unpaired) electrons. The van der Waals surface area contributed by atoms with Gasteiger partial charge in [-0.25, -0.2) is 26.4 Å². The average molecular weight is 482 g/mol. The second-order valence-electron chi connectivity index (χ2n) is 7.30. The van der Waals surface area contributed by atoms with Crippen molar-refractivity contribution >= 4 is 31.8 Å². The van der Waals surface area contributed by atoms with Gasteiger partial charge in [0, 0.05) is 25.3 Å². The molecular weight excluding hydrogens is 454 g/mol. The van der Waals surface area contributed by atoms with Crippen molar-refractivity contribution in [2.24, 2.45) is 0 Å². The van der Waals surface area contributed by atoms with Crippen LogP contribution < -0.4 is 10.0 Å². The van der Waals surface area contributed by atoms with Crippen molar-refractivity contribution < 1.29 is 26.4 Å². The van der Waals surface area contributed by atoms with Crippen LogP contribution in [0.25, 0.3) is 0 Å². The topological polar surface area (TPSA) is 122 Å². The van der Waals surface area contributed by atoms with Crippen LogP contribution in [0.15, 0.2) is 58.3 Å². The molecule has 1 heterocycles. The van der Waals surface area contributed by atoms with Gasteiger partial charge in [-0.05, 0) is 61.7 Å². The maximum Gasteiger partial charge on any atom is 0.411 e. The second-order valence-corrected chi connectivity index (χ2v) is 11.0. The molecule has 3 rings (SSSR count). The van der Waals surface area contributed by atoms with Crippen LogP contribution in [0.4, 0.5) is 10.5 Å². The molecule has 32 heavy (non-hydrogen) atoms. The Morgan fingerprint density at radius 1 is 0.906 bits per heavy atom. The Kier molecular flexibility index (Phi) is 7.88. The first-order valence-electron chi connectivity index (χ1n) is 10.3. The number of ether oxygens (including phenoxy) is 1. The van der Waals surface area contributed by atoms with Gasteiger partial charge in [0.25, 0.3) is 0 Å². The van der Waals surface area contributed by atoms with Crippen LogP contribution in [0.1, 0.15) is 31.7 Å². The number of anilines is 1. The number of amides is 1. The third-order valence-electron chi connectivity index (χ3n) is 5.03. The molecule has 2 aromatic carbocycles. The minimum atomic E-state index is -3.79. The van der Waals surface area contributed by atoms with E-state index in [-0.39, 0.29) is 22.9 Å². The number of carbonyl (C=O) groups excluding carboxylic acids is 1. The Morgan fingerprint density at radius 3 is 2.09 bits per heavy atom.